The van der Waals surface area contributed by atoms with Gasteiger partial charge >= 0.3 is 0 Å². The van der Waals surface area contributed by atoms with Crippen LogP contribution in [0, 0.1) is 6.92 Å². The van der Waals surface area contributed by atoms with Gasteiger partial charge in [-0.3, -0.25) is 14.2 Å². The molecule has 0 spiro atoms. The van der Waals surface area contributed by atoms with Crippen LogP contribution in [0.2, 0.25) is 0 Å². The molecule has 1 amide bonds. The Morgan fingerprint density at radius 3 is 2.68 bits per heavy atom. The first-order valence-electron chi connectivity index (χ1n) is 8.35. The minimum absolute atomic E-state index is 0.0693. The van der Waals surface area contributed by atoms with Crippen LogP contribution in [-0.2, 0) is 11.3 Å². The Morgan fingerprint density at radius 2 is 1.88 bits per heavy atom. The van der Waals surface area contributed by atoms with Crippen LogP contribution in [0.15, 0.2) is 59.7 Å². The molecule has 0 aliphatic heterocycles. The smallest absolute Gasteiger partial charge is 0.261 e. The van der Waals surface area contributed by atoms with Gasteiger partial charge in [-0.25, -0.2) is 4.98 Å². The van der Waals surface area contributed by atoms with E-state index in [2.05, 4.69) is 10.3 Å². The molecule has 0 fully saturated rings. The van der Waals surface area contributed by atoms with E-state index in [0.29, 0.717) is 17.4 Å². The molecule has 0 aliphatic carbocycles. The third kappa shape index (κ3) is 3.76. The monoisotopic (exact) mass is 335 g/mol. The van der Waals surface area contributed by atoms with Gasteiger partial charge in [-0.1, -0.05) is 36.4 Å². The molecule has 5 nitrogen and oxygen atoms in total. The molecule has 0 aliphatic rings. The van der Waals surface area contributed by atoms with Gasteiger partial charge in [0.25, 0.3) is 5.56 Å². The van der Waals surface area contributed by atoms with Crippen molar-refractivity contribution in [2.24, 2.45) is 0 Å². The van der Waals surface area contributed by atoms with Crippen molar-refractivity contribution in [1.82, 2.24) is 14.9 Å². The third-order valence-electron chi connectivity index (χ3n) is 4.34. The first kappa shape index (κ1) is 16.9. The molecule has 0 radical (unpaired) electrons. The van der Waals surface area contributed by atoms with Crippen LogP contribution >= 0.6 is 0 Å². The van der Waals surface area contributed by atoms with Crippen molar-refractivity contribution < 1.29 is 4.79 Å². The summed E-state index contributed by atoms with van der Waals surface area (Å²) in [5.74, 6) is -0.0872. The van der Waals surface area contributed by atoms with Crippen molar-refractivity contribution in [3.8, 4) is 0 Å². The maximum absolute atomic E-state index is 12.4. The highest BCUT2D eigenvalue weighted by molar-refractivity contribution is 5.77. The molecule has 0 saturated heterocycles. The van der Waals surface area contributed by atoms with E-state index in [4.69, 9.17) is 0 Å². The number of para-hydroxylation sites is 1. The van der Waals surface area contributed by atoms with Crippen molar-refractivity contribution in [1.29, 1.82) is 0 Å². The molecule has 1 heterocycles. The molecule has 0 bridgehead atoms. The molecule has 3 aromatic rings. The maximum Gasteiger partial charge on any atom is 0.261 e. The molecule has 5 heteroatoms. The van der Waals surface area contributed by atoms with Gasteiger partial charge in [0.05, 0.1) is 23.3 Å². The van der Waals surface area contributed by atoms with Crippen LogP contribution in [0.25, 0.3) is 10.9 Å². The number of aromatic nitrogens is 2. The minimum atomic E-state index is -0.120. The van der Waals surface area contributed by atoms with Gasteiger partial charge in [-0.2, -0.15) is 0 Å². The molecule has 1 unspecified atom stereocenters. The number of nitrogens with zero attached hydrogens (tertiary/aromatic N) is 2. The highest BCUT2D eigenvalue weighted by Crippen LogP contribution is 2.16. The summed E-state index contributed by atoms with van der Waals surface area (Å²) in [7, 11) is 0. The normalized spacial score (nSPS) is 12.1. The lowest BCUT2D eigenvalue weighted by atomic mass is 10.0. The third-order valence-corrected chi connectivity index (χ3v) is 4.34. The zero-order valence-corrected chi connectivity index (χ0v) is 14.4. The van der Waals surface area contributed by atoms with Crippen LogP contribution in [0.4, 0.5) is 0 Å². The standard InChI is InChI=1S/C20H21N3O2/c1-14-7-3-4-8-16(14)15(2)22-19(24)11-12-23-13-21-18-10-6-5-9-17(18)20(23)25/h3-10,13,15H,11-12H2,1-2H3,(H,22,24). The number of nitrogens with one attached hydrogen (secondary N) is 1. The minimum Gasteiger partial charge on any atom is -0.350 e. The van der Waals surface area contributed by atoms with E-state index in [0.717, 1.165) is 11.1 Å². The molecule has 3 rings (SSSR count). The Bertz CT molecular complexity index is 962. The van der Waals surface area contributed by atoms with Crippen molar-refractivity contribution in [2.45, 2.75) is 32.9 Å². The first-order valence-corrected chi connectivity index (χ1v) is 8.35. The summed E-state index contributed by atoms with van der Waals surface area (Å²) < 4.78 is 1.49. The van der Waals surface area contributed by atoms with E-state index in [9.17, 15) is 9.59 Å². The van der Waals surface area contributed by atoms with E-state index in [-0.39, 0.29) is 23.9 Å². The lowest BCUT2D eigenvalue weighted by molar-refractivity contribution is -0.121. The van der Waals surface area contributed by atoms with Gasteiger partial charge in [-0.05, 0) is 37.1 Å². The van der Waals surface area contributed by atoms with E-state index in [1.54, 1.807) is 12.1 Å². The van der Waals surface area contributed by atoms with Crippen molar-refractivity contribution in [2.75, 3.05) is 0 Å². The number of carbonyl (C=O) groups excluding carboxylic acids is 1. The molecule has 1 N–H and O–H groups in total. The van der Waals surface area contributed by atoms with Gasteiger partial charge in [0, 0.05) is 13.0 Å². The number of aryl methyl sites for hydroxylation is 2. The number of benzene rings is 2. The molecule has 1 atom stereocenters. The first-order chi connectivity index (χ1) is 12.1. The average molecular weight is 335 g/mol. The summed E-state index contributed by atoms with van der Waals surface area (Å²) in [4.78, 5) is 28.9. The van der Waals surface area contributed by atoms with Crippen LogP contribution in [-0.4, -0.2) is 15.5 Å². The lowest BCUT2D eigenvalue weighted by Gasteiger charge is -2.16. The predicted octanol–water partition coefficient (Wildman–Crippen LogP) is 2.97. The van der Waals surface area contributed by atoms with Crippen LogP contribution in [0.3, 0.4) is 0 Å². The van der Waals surface area contributed by atoms with Gasteiger partial charge < -0.3 is 5.32 Å². The second-order valence-corrected chi connectivity index (χ2v) is 6.16. The Kier molecular flexibility index (Phi) is 4.93. The van der Waals surface area contributed by atoms with Crippen molar-refractivity contribution in [3.05, 3.63) is 76.3 Å². The van der Waals surface area contributed by atoms with Gasteiger partial charge in [0.2, 0.25) is 5.91 Å². The number of hydrogen-bond donors (Lipinski definition) is 1. The van der Waals surface area contributed by atoms with Crippen molar-refractivity contribution >= 4 is 16.8 Å². The number of rotatable bonds is 5. The molecule has 2 aromatic carbocycles. The summed E-state index contributed by atoms with van der Waals surface area (Å²) >= 11 is 0. The fourth-order valence-electron chi connectivity index (χ4n) is 2.95. The van der Waals surface area contributed by atoms with Crippen LogP contribution in [0.5, 0.6) is 0 Å². The number of amides is 1. The molecule has 25 heavy (non-hydrogen) atoms. The van der Waals surface area contributed by atoms with E-state index in [1.807, 2.05) is 50.2 Å². The predicted molar refractivity (Wildman–Crippen MR) is 98.4 cm³/mol. The summed E-state index contributed by atoms with van der Waals surface area (Å²) in [6.07, 6.45) is 1.73. The SMILES string of the molecule is Cc1ccccc1C(C)NC(=O)CCn1cnc2ccccc2c1=O. The summed E-state index contributed by atoms with van der Waals surface area (Å²) in [5.41, 5.74) is 2.79. The quantitative estimate of drug-likeness (QED) is 0.779. The van der Waals surface area contributed by atoms with Gasteiger partial charge in [-0.15, -0.1) is 0 Å². The van der Waals surface area contributed by atoms with Crippen LogP contribution in [0.1, 0.15) is 30.5 Å². The highest BCUT2D eigenvalue weighted by atomic mass is 16.2. The van der Waals surface area contributed by atoms with E-state index in [1.165, 1.54) is 10.9 Å². The molecular weight excluding hydrogens is 314 g/mol. The molecule has 1 aromatic heterocycles. The largest absolute Gasteiger partial charge is 0.350 e. The Labute approximate surface area is 146 Å². The zero-order valence-electron chi connectivity index (χ0n) is 14.4. The number of fused-ring (bicyclic) bond motifs is 1. The Hall–Kier alpha value is -2.95. The second-order valence-electron chi connectivity index (χ2n) is 6.16. The van der Waals surface area contributed by atoms with E-state index >= 15 is 0 Å². The van der Waals surface area contributed by atoms with Gasteiger partial charge in [0.15, 0.2) is 0 Å². The summed E-state index contributed by atoms with van der Waals surface area (Å²) in [5, 5.41) is 3.56. The molecular formula is C20H21N3O2. The lowest BCUT2D eigenvalue weighted by Crippen LogP contribution is -2.29. The second kappa shape index (κ2) is 7.30. The van der Waals surface area contributed by atoms with E-state index < -0.39 is 0 Å². The van der Waals surface area contributed by atoms with Crippen molar-refractivity contribution in [3.63, 3.8) is 0 Å². The maximum atomic E-state index is 12.4. The number of hydrogen-bond acceptors (Lipinski definition) is 3. The molecule has 128 valence electrons. The number of carbonyl (C=O) groups is 1. The topological polar surface area (TPSA) is 64.0 Å². The van der Waals surface area contributed by atoms with Crippen LogP contribution < -0.4 is 10.9 Å². The summed E-state index contributed by atoms with van der Waals surface area (Å²) in [6.45, 7) is 4.30. The molecule has 0 saturated carbocycles. The highest BCUT2D eigenvalue weighted by Gasteiger charge is 2.12. The fourth-order valence-corrected chi connectivity index (χ4v) is 2.95. The fraction of sp³-hybridized carbons (Fsp3) is 0.250. The average Bonchev–Trinajstić information content (AvgIpc) is 2.61. The Balaban J connectivity index is 1.66. The van der Waals surface area contributed by atoms with Gasteiger partial charge in [0.1, 0.15) is 0 Å². The zero-order chi connectivity index (χ0) is 17.8. The Morgan fingerprint density at radius 1 is 1.16 bits per heavy atom. The summed E-state index contributed by atoms with van der Waals surface area (Å²) in [6, 6.07) is 15.1.